The van der Waals surface area contributed by atoms with Gasteiger partial charge in [0.25, 0.3) is 0 Å². The lowest BCUT2D eigenvalue weighted by molar-refractivity contribution is -0.178. The monoisotopic (exact) mass is 478 g/mol. The molecule has 1 saturated carbocycles. The zero-order valence-electron chi connectivity index (χ0n) is 19.7. The Kier molecular flexibility index (Phi) is 6.23. The summed E-state index contributed by atoms with van der Waals surface area (Å²) in [5, 5.41) is 12.3. The van der Waals surface area contributed by atoms with Crippen molar-refractivity contribution in [2.24, 2.45) is 5.92 Å². The van der Waals surface area contributed by atoms with E-state index < -0.39 is 17.7 Å². The molecular weight excluding hydrogens is 448 g/mol. The molecule has 184 valence electrons. The van der Waals surface area contributed by atoms with Gasteiger partial charge in [-0.15, -0.1) is 0 Å². The number of fused-ring (bicyclic) bond motifs is 3. The molecule has 0 bridgehead atoms. The third-order valence-corrected chi connectivity index (χ3v) is 7.49. The fraction of sp³-hybridized carbons (Fsp3) is 0.444. The molecule has 0 spiro atoms. The number of carboxylic acids is 1. The molecule has 1 aliphatic heterocycles. The van der Waals surface area contributed by atoms with E-state index in [0.717, 1.165) is 11.1 Å². The Morgan fingerprint density at radius 1 is 1.09 bits per heavy atom. The van der Waals surface area contributed by atoms with E-state index in [1.807, 2.05) is 24.3 Å². The minimum atomic E-state index is -1.38. The molecule has 3 aliphatic rings. The number of carbonyl (C=O) groups is 3. The fourth-order valence-electron chi connectivity index (χ4n) is 5.59. The number of rotatable bonds is 5. The van der Waals surface area contributed by atoms with Crippen LogP contribution in [-0.2, 0) is 19.1 Å². The molecule has 8 heteroatoms. The Bertz CT molecular complexity index is 1100. The van der Waals surface area contributed by atoms with Gasteiger partial charge in [0.15, 0.2) is 5.60 Å². The lowest BCUT2D eigenvalue weighted by Gasteiger charge is -2.38. The standard InChI is InChI=1S/C27H30N2O6/c1-27(25(31)32)16-29(12-13-35-27)24(30)17-10-11-18(14-17)28-26(33)34-15-23-21-8-4-2-6-19(21)20-7-3-5-9-22(20)23/h2-9,17-18,23H,10-16H2,1H3,(H,28,33)(H,31,32)/t17-,18+,27?/m0/s1. The van der Waals surface area contributed by atoms with Crippen LogP contribution in [0.1, 0.15) is 43.2 Å². The normalized spacial score (nSPS) is 25.6. The predicted octanol–water partition coefficient (Wildman–Crippen LogP) is 3.40. The number of morpholine rings is 1. The summed E-state index contributed by atoms with van der Waals surface area (Å²) in [6.45, 7) is 2.34. The number of hydrogen-bond acceptors (Lipinski definition) is 5. The summed E-state index contributed by atoms with van der Waals surface area (Å²) < 4.78 is 11.0. The highest BCUT2D eigenvalue weighted by molar-refractivity contribution is 5.83. The van der Waals surface area contributed by atoms with Crippen molar-refractivity contribution < 1.29 is 29.0 Å². The van der Waals surface area contributed by atoms with Gasteiger partial charge < -0.3 is 24.8 Å². The van der Waals surface area contributed by atoms with Crippen molar-refractivity contribution in [2.75, 3.05) is 26.3 Å². The molecule has 2 aromatic carbocycles. The largest absolute Gasteiger partial charge is 0.479 e. The number of alkyl carbamates (subject to hydrolysis) is 1. The van der Waals surface area contributed by atoms with Gasteiger partial charge in [-0.2, -0.15) is 0 Å². The summed E-state index contributed by atoms with van der Waals surface area (Å²) in [4.78, 5) is 38.7. The Labute approximate surface area is 204 Å². The van der Waals surface area contributed by atoms with Crippen molar-refractivity contribution >= 4 is 18.0 Å². The lowest BCUT2D eigenvalue weighted by atomic mass is 9.98. The summed E-state index contributed by atoms with van der Waals surface area (Å²) in [6.07, 6.45) is 1.37. The van der Waals surface area contributed by atoms with Crippen LogP contribution in [0.2, 0.25) is 0 Å². The first-order valence-electron chi connectivity index (χ1n) is 12.1. The van der Waals surface area contributed by atoms with Crippen LogP contribution in [0.4, 0.5) is 4.79 Å². The second-order valence-electron chi connectivity index (χ2n) is 9.82. The van der Waals surface area contributed by atoms with Crippen LogP contribution in [0, 0.1) is 5.92 Å². The van der Waals surface area contributed by atoms with Crippen LogP contribution in [0.3, 0.4) is 0 Å². The molecule has 0 aromatic heterocycles. The second kappa shape index (κ2) is 9.34. The predicted molar refractivity (Wildman–Crippen MR) is 128 cm³/mol. The maximum atomic E-state index is 13.0. The molecule has 2 amide bonds. The van der Waals surface area contributed by atoms with Crippen molar-refractivity contribution in [3.8, 4) is 11.1 Å². The minimum Gasteiger partial charge on any atom is -0.479 e. The molecule has 1 saturated heterocycles. The van der Waals surface area contributed by atoms with Crippen LogP contribution in [-0.4, -0.2) is 65.9 Å². The zero-order chi connectivity index (χ0) is 24.6. The molecule has 2 aliphatic carbocycles. The molecule has 1 heterocycles. The highest BCUT2D eigenvalue weighted by atomic mass is 16.5. The van der Waals surface area contributed by atoms with Crippen LogP contribution >= 0.6 is 0 Å². The summed E-state index contributed by atoms with van der Waals surface area (Å²) in [5.41, 5.74) is 3.29. The number of amides is 2. The fourth-order valence-corrected chi connectivity index (χ4v) is 5.59. The quantitative estimate of drug-likeness (QED) is 0.683. The maximum Gasteiger partial charge on any atom is 0.407 e. The Morgan fingerprint density at radius 2 is 1.74 bits per heavy atom. The minimum absolute atomic E-state index is 0.00378. The van der Waals surface area contributed by atoms with Crippen molar-refractivity contribution in [3.05, 3.63) is 59.7 Å². The number of carbonyl (C=O) groups excluding carboxylic acids is 2. The number of carboxylic acid groups (broad SMARTS) is 1. The van der Waals surface area contributed by atoms with E-state index in [2.05, 4.69) is 29.6 Å². The first-order valence-corrected chi connectivity index (χ1v) is 12.1. The molecule has 8 nitrogen and oxygen atoms in total. The van der Waals surface area contributed by atoms with E-state index in [4.69, 9.17) is 9.47 Å². The smallest absolute Gasteiger partial charge is 0.407 e. The van der Waals surface area contributed by atoms with Crippen LogP contribution in [0.5, 0.6) is 0 Å². The third kappa shape index (κ3) is 4.50. The molecule has 2 aromatic rings. The molecular formula is C27H30N2O6. The Balaban J connectivity index is 1.15. The van der Waals surface area contributed by atoms with Gasteiger partial charge in [0.05, 0.1) is 13.2 Å². The Hall–Kier alpha value is -3.39. The third-order valence-electron chi connectivity index (χ3n) is 7.49. The molecule has 5 rings (SSSR count). The van der Waals surface area contributed by atoms with Crippen molar-refractivity contribution in [1.82, 2.24) is 10.2 Å². The van der Waals surface area contributed by atoms with Gasteiger partial charge in [0.1, 0.15) is 6.61 Å². The SMILES string of the molecule is CC1(C(=O)O)CN(C(=O)[C@H]2CC[C@@H](NC(=O)OCC3c4ccccc4-c4ccccc43)C2)CCO1. The summed E-state index contributed by atoms with van der Waals surface area (Å²) in [7, 11) is 0. The van der Waals surface area contributed by atoms with Gasteiger partial charge in [-0.05, 0) is 48.4 Å². The van der Waals surface area contributed by atoms with Gasteiger partial charge in [0, 0.05) is 24.4 Å². The van der Waals surface area contributed by atoms with Gasteiger partial charge >= 0.3 is 12.1 Å². The number of ether oxygens (including phenoxy) is 2. The molecule has 1 unspecified atom stereocenters. The van der Waals surface area contributed by atoms with E-state index in [-0.39, 0.29) is 43.5 Å². The molecule has 35 heavy (non-hydrogen) atoms. The highest BCUT2D eigenvalue weighted by Crippen LogP contribution is 2.44. The van der Waals surface area contributed by atoms with Gasteiger partial charge in [-0.1, -0.05) is 48.5 Å². The summed E-state index contributed by atoms with van der Waals surface area (Å²) in [6, 6.07) is 16.2. The number of aliphatic carboxylic acids is 1. The van der Waals surface area contributed by atoms with E-state index in [1.54, 1.807) is 4.90 Å². The van der Waals surface area contributed by atoms with E-state index >= 15 is 0 Å². The van der Waals surface area contributed by atoms with E-state index in [1.165, 1.54) is 18.1 Å². The lowest BCUT2D eigenvalue weighted by Crippen LogP contribution is -2.57. The molecule has 2 N–H and O–H groups in total. The number of nitrogens with one attached hydrogen (secondary N) is 1. The number of benzene rings is 2. The molecule has 3 atom stereocenters. The molecule has 0 radical (unpaired) electrons. The van der Waals surface area contributed by atoms with Gasteiger partial charge in [0.2, 0.25) is 5.91 Å². The number of hydrogen-bond donors (Lipinski definition) is 2. The van der Waals surface area contributed by atoms with Gasteiger partial charge in [-0.25, -0.2) is 9.59 Å². The van der Waals surface area contributed by atoms with Crippen LogP contribution in [0.25, 0.3) is 11.1 Å². The van der Waals surface area contributed by atoms with E-state index in [9.17, 15) is 19.5 Å². The van der Waals surface area contributed by atoms with Crippen LogP contribution in [0.15, 0.2) is 48.5 Å². The van der Waals surface area contributed by atoms with Crippen LogP contribution < -0.4 is 5.32 Å². The topological polar surface area (TPSA) is 105 Å². The van der Waals surface area contributed by atoms with Crippen molar-refractivity contribution in [1.29, 1.82) is 0 Å². The first-order chi connectivity index (χ1) is 16.9. The highest BCUT2D eigenvalue weighted by Gasteiger charge is 2.43. The van der Waals surface area contributed by atoms with E-state index in [0.29, 0.717) is 25.8 Å². The second-order valence-corrected chi connectivity index (χ2v) is 9.82. The zero-order valence-corrected chi connectivity index (χ0v) is 19.7. The average molecular weight is 479 g/mol. The summed E-state index contributed by atoms with van der Waals surface area (Å²) >= 11 is 0. The Morgan fingerprint density at radius 3 is 2.40 bits per heavy atom. The molecule has 2 fully saturated rings. The number of nitrogens with zero attached hydrogens (tertiary/aromatic N) is 1. The van der Waals surface area contributed by atoms with Crippen molar-refractivity contribution in [2.45, 2.75) is 43.7 Å². The first kappa shape index (κ1) is 23.4. The van der Waals surface area contributed by atoms with Gasteiger partial charge in [-0.3, -0.25) is 4.79 Å². The summed E-state index contributed by atoms with van der Waals surface area (Å²) in [5.74, 6) is -1.39. The maximum absolute atomic E-state index is 13.0. The average Bonchev–Trinajstić information content (AvgIpc) is 3.45. The van der Waals surface area contributed by atoms with Crippen molar-refractivity contribution in [3.63, 3.8) is 0 Å².